The van der Waals surface area contributed by atoms with Gasteiger partial charge < -0.3 is 28.8 Å². The van der Waals surface area contributed by atoms with Crippen molar-refractivity contribution < 1.29 is 33.4 Å². The molecule has 1 N–H and O–H groups in total. The van der Waals surface area contributed by atoms with E-state index < -0.39 is 23.5 Å². The molecule has 0 saturated carbocycles. The third kappa shape index (κ3) is 4.52. The lowest BCUT2D eigenvalue weighted by Gasteiger charge is -2.41. The summed E-state index contributed by atoms with van der Waals surface area (Å²) in [5, 5.41) is 9.60. The quantitative estimate of drug-likeness (QED) is 0.602. The molecule has 0 radical (unpaired) electrons. The molecule has 3 heterocycles. The van der Waals surface area contributed by atoms with Gasteiger partial charge in [-0.05, 0) is 69.0 Å². The van der Waals surface area contributed by atoms with Crippen molar-refractivity contribution in [3.63, 3.8) is 0 Å². The van der Waals surface area contributed by atoms with Crippen LogP contribution in [0.5, 0.6) is 5.75 Å². The van der Waals surface area contributed by atoms with Crippen molar-refractivity contribution in [3.05, 3.63) is 54.0 Å². The topological polar surface area (TPSA) is 110 Å². The zero-order valence-corrected chi connectivity index (χ0v) is 20.1. The minimum absolute atomic E-state index is 0.125. The van der Waals surface area contributed by atoms with Crippen LogP contribution in [0.3, 0.4) is 0 Å². The molecule has 9 heteroatoms. The van der Waals surface area contributed by atoms with E-state index in [1.165, 1.54) is 6.26 Å². The number of carbonyl (C=O) groups excluding carboxylic acids is 3. The molecule has 2 amide bonds. The van der Waals surface area contributed by atoms with E-state index in [9.17, 15) is 19.5 Å². The van der Waals surface area contributed by atoms with Crippen molar-refractivity contribution >= 4 is 17.8 Å². The highest BCUT2D eigenvalue weighted by atomic mass is 16.5. The molecule has 0 aliphatic carbocycles. The third-order valence-corrected chi connectivity index (χ3v) is 6.98. The number of benzene rings is 1. The summed E-state index contributed by atoms with van der Waals surface area (Å²) in [7, 11) is 1.54. The number of furan rings is 1. The molecule has 4 rings (SSSR count). The number of methoxy groups -OCH3 is 1. The van der Waals surface area contributed by atoms with Gasteiger partial charge in [0.15, 0.2) is 0 Å². The molecule has 2 saturated heterocycles. The lowest BCUT2D eigenvalue weighted by atomic mass is 9.85. The average molecular weight is 485 g/mol. The van der Waals surface area contributed by atoms with E-state index in [-0.39, 0.29) is 38.0 Å². The number of aliphatic hydroxyl groups is 1. The van der Waals surface area contributed by atoms with Gasteiger partial charge in [0.05, 0.1) is 32.5 Å². The summed E-state index contributed by atoms with van der Waals surface area (Å²) >= 11 is 0. The summed E-state index contributed by atoms with van der Waals surface area (Å²) in [6, 6.07) is 9.29. The molecule has 1 spiro atoms. The maximum Gasteiger partial charge on any atom is 0.311 e. The Morgan fingerprint density at radius 3 is 2.60 bits per heavy atom. The summed E-state index contributed by atoms with van der Waals surface area (Å²) in [5.74, 6) is -0.850. The van der Waals surface area contributed by atoms with Crippen molar-refractivity contribution in [1.82, 2.24) is 9.80 Å². The highest BCUT2D eigenvalue weighted by molar-refractivity contribution is 6.01. The van der Waals surface area contributed by atoms with Crippen LogP contribution in [-0.4, -0.2) is 71.6 Å². The first kappa shape index (κ1) is 24.8. The predicted octanol–water partition coefficient (Wildman–Crippen LogP) is 2.80. The lowest BCUT2D eigenvalue weighted by molar-refractivity contribution is -0.149. The average Bonchev–Trinajstić information content (AvgIpc) is 3.48. The van der Waals surface area contributed by atoms with Gasteiger partial charge in [0.2, 0.25) is 5.91 Å². The molecule has 1 aromatic carbocycles. The second-order valence-electron chi connectivity index (χ2n) is 8.93. The number of hydrogen-bond acceptors (Lipinski definition) is 7. The Hall–Kier alpha value is -3.33. The molecule has 0 bridgehead atoms. The number of carbonyl (C=O) groups is 3. The Bertz CT molecular complexity index is 1040. The zero-order valence-electron chi connectivity index (χ0n) is 20.1. The van der Waals surface area contributed by atoms with Crippen molar-refractivity contribution in [2.75, 3.05) is 33.4 Å². The van der Waals surface area contributed by atoms with Crippen molar-refractivity contribution in [1.29, 1.82) is 0 Å². The largest absolute Gasteiger partial charge is 0.497 e. The number of amides is 2. The van der Waals surface area contributed by atoms with Crippen LogP contribution >= 0.6 is 0 Å². The van der Waals surface area contributed by atoms with Gasteiger partial charge in [0.25, 0.3) is 5.91 Å². The first-order chi connectivity index (χ1) is 17.0. The number of esters is 1. The van der Waals surface area contributed by atoms with Crippen LogP contribution in [0.15, 0.2) is 47.1 Å². The highest BCUT2D eigenvalue weighted by Gasteiger charge is 2.62. The first-order valence-electron chi connectivity index (χ1n) is 12.0. The fourth-order valence-electron chi connectivity index (χ4n) is 5.43. The molecule has 2 aromatic rings. The van der Waals surface area contributed by atoms with Crippen LogP contribution in [0, 0.1) is 5.92 Å². The van der Waals surface area contributed by atoms with Crippen LogP contribution in [0.25, 0.3) is 0 Å². The summed E-state index contributed by atoms with van der Waals surface area (Å²) in [6.07, 6.45) is 3.46. The number of likely N-dealkylation sites (tertiary alicyclic amines) is 2. The molecule has 188 valence electrons. The molecule has 35 heavy (non-hydrogen) atoms. The molecule has 0 unspecified atom stereocenters. The molecule has 9 nitrogen and oxygen atoms in total. The van der Waals surface area contributed by atoms with E-state index in [1.807, 2.05) is 0 Å². The van der Waals surface area contributed by atoms with Gasteiger partial charge in [-0.1, -0.05) is 0 Å². The molecule has 1 aromatic heterocycles. The number of β-amino-alcohol motifs (C(OH)–C–C–N with tert-alkyl or cyclic N) is 1. The van der Waals surface area contributed by atoms with Crippen molar-refractivity contribution in [2.45, 2.75) is 44.2 Å². The zero-order chi connectivity index (χ0) is 25.0. The van der Waals surface area contributed by atoms with Crippen molar-refractivity contribution in [2.24, 2.45) is 5.92 Å². The Kier molecular flexibility index (Phi) is 7.45. The van der Waals surface area contributed by atoms with Gasteiger partial charge in [0.1, 0.15) is 23.1 Å². The Balaban J connectivity index is 1.87. The van der Waals surface area contributed by atoms with Gasteiger partial charge >= 0.3 is 5.97 Å². The fraction of sp³-hybridized carbons (Fsp3) is 0.500. The van der Waals surface area contributed by atoms with Gasteiger partial charge in [-0.15, -0.1) is 0 Å². The van der Waals surface area contributed by atoms with E-state index in [0.717, 1.165) is 6.42 Å². The van der Waals surface area contributed by atoms with Crippen LogP contribution in [0.2, 0.25) is 0 Å². The summed E-state index contributed by atoms with van der Waals surface area (Å²) in [5.41, 5.74) is -0.894. The summed E-state index contributed by atoms with van der Waals surface area (Å²) < 4.78 is 16.3. The molecule has 2 aliphatic rings. The van der Waals surface area contributed by atoms with Gasteiger partial charge in [-0.2, -0.15) is 0 Å². The van der Waals surface area contributed by atoms with Gasteiger partial charge in [-0.3, -0.25) is 14.4 Å². The van der Waals surface area contributed by atoms with E-state index in [4.69, 9.17) is 13.9 Å². The number of ether oxygens (including phenoxy) is 2. The van der Waals surface area contributed by atoms with Gasteiger partial charge in [0, 0.05) is 18.7 Å². The van der Waals surface area contributed by atoms with Crippen LogP contribution in [0.4, 0.5) is 0 Å². The van der Waals surface area contributed by atoms with Gasteiger partial charge in [-0.25, -0.2) is 0 Å². The molecule has 3 atom stereocenters. The van der Waals surface area contributed by atoms with Crippen LogP contribution in [0.1, 0.15) is 54.8 Å². The van der Waals surface area contributed by atoms with Crippen LogP contribution < -0.4 is 4.74 Å². The molecule has 2 aliphatic heterocycles. The monoisotopic (exact) mass is 484 g/mol. The molecular weight excluding hydrogens is 452 g/mol. The van der Waals surface area contributed by atoms with E-state index in [1.54, 1.807) is 60.2 Å². The SMILES string of the molecule is CCOC(=O)[C@H]1C[C@]2(CCCCN(CCO)C2=O)N(C(=O)c2ccc(OC)cc2)[C@H]1c1ccco1. The number of rotatable bonds is 7. The van der Waals surface area contributed by atoms with E-state index in [0.29, 0.717) is 36.5 Å². The number of aliphatic hydroxyl groups excluding tert-OH is 1. The standard InChI is InChI=1S/C26H32N2O7/c1-3-34-24(31)20-17-26(12-4-5-13-27(14-15-29)25(26)32)28(22(20)21-7-6-16-35-21)23(30)18-8-10-19(33-2)11-9-18/h6-11,16,20,22,29H,3-5,12-15,17H2,1-2H3/t20-,22+,26-/m0/s1. The summed E-state index contributed by atoms with van der Waals surface area (Å²) in [6.45, 7) is 2.38. The molecule has 2 fully saturated rings. The normalized spacial score (nSPS) is 24.5. The molecular formula is C26H32N2O7. The fourth-order valence-corrected chi connectivity index (χ4v) is 5.43. The maximum absolute atomic E-state index is 14.1. The van der Waals surface area contributed by atoms with Crippen LogP contribution in [-0.2, 0) is 14.3 Å². The Labute approximate surface area is 204 Å². The minimum Gasteiger partial charge on any atom is -0.497 e. The number of nitrogens with zero attached hydrogens (tertiary/aromatic N) is 2. The summed E-state index contributed by atoms with van der Waals surface area (Å²) in [4.78, 5) is 44.5. The third-order valence-electron chi connectivity index (χ3n) is 6.98. The van der Waals surface area contributed by atoms with E-state index >= 15 is 0 Å². The first-order valence-corrected chi connectivity index (χ1v) is 12.0. The Morgan fingerprint density at radius 2 is 1.97 bits per heavy atom. The van der Waals surface area contributed by atoms with Crippen molar-refractivity contribution in [3.8, 4) is 5.75 Å². The number of hydrogen-bond donors (Lipinski definition) is 1. The second-order valence-corrected chi connectivity index (χ2v) is 8.93. The Morgan fingerprint density at radius 1 is 1.20 bits per heavy atom. The highest BCUT2D eigenvalue weighted by Crippen LogP contribution is 2.51. The predicted molar refractivity (Wildman–Crippen MR) is 126 cm³/mol. The smallest absolute Gasteiger partial charge is 0.311 e. The van der Waals surface area contributed by atoms with E-state index in [2.05, 4.69) is 0 Å². The minimum atomic E-state index is -1.27. The second kappa shape index (κ2) is 10.5. The maximum atomic E-state index is 14.1. The lowest BCUT2D eigenvalue weighted by Crippen LogP contribution is -2.58.